The maximum absolute atomic E-state index is 13.2. The Bertz CT molecular complexity index is 1020. The Hall–Kier alpha value is -3.35. The molecule has 0 unspecified atom stereocenters. The zero-order valence-electron chi connectivity index (χ0n) is 15.7. The lowest BCUT2D eigenvalue weighted by Crippen LogP contribution is -2.30. The van der Waals surface area contributed by atoms with Crippen molar-refractivity contribution in [3.63, 3.8) is 0 Å². The zero-order chi connectivity index (χ0) is 19.8. The minimum absolute atomic E-state index is 0.0973. The first-order valence-electron chi connectivity index (χ1n) is 9.18. The molecule has 0 spiro atoms. The van der Waals surface area contributed by atoms with Crippen LogP contribution in [0.3, 0.4) is 0 Å². The number of aryl methyl sites for hydroxylation is 1. The van der Waals surface area contributed by atoms with E-state index in [0.29, 0.717) is 23.6 Å². The Kier molecular flexibility index (Phi) is 4.50. The smallest absolute Gasteiger partial charge is 0.308 e. The molecule has 1 aliphatic rings. The minimum Gasteiger partial charge on any atom is -0.481 e. The molecule has 28 heavy (non-hydrogen) atoms. The standard InChI is InChI=1S/C21H21N3O4/c1-13-10-23(11-16(13)21(26)27)20(25)17-12-24(15-6-4-3-5-7-15)22-19(17)18-9-8-14(2)28-18/h3-9,12-13,16H,10-11H2,1-2H3,(H,26,27)/t13-,16-/m1/s1. The van der Waals surface area contributed by atoms with Crippen molar-refractivity contribution in [2.75, 3.05) is 13.1 Å². The van der Waals surface area contributed by atoms with Gasteiger partial charge in [-0.2, -0.15) is 5.10 Å². The molecule has 4 rings (SSSR count). The first-order valence-corrected chi connectivity index (χ1v) is 9.18. The molecule has 1 fully saturated rings. The van der Waals surface area contributed by atoms with Crippen LogP contribution in [-0.4, -0.2) is 44.8 Å². The number of aliphatic carboxylic acids is 1. The summed E-state index contributed by atoms with van der Waals surface area (Å²) in [5.74, 6) is -0.519. The van der Waals surface area contributed by atoms with Crippen LogP contribution in [0.5, 0.6) is 0 Å². The van der Waals surface area contributed by atoms with Gasteiger partial charge in [-0.3, -0.25) is 9.59 Å². The van der Waals surface area contributed by atoms with Crippen molar-refractivity contribution in [1.29, 1.82) is 0 Å². The van der Waals surface area contributed by atoms with E-state index in [1.54, 1.807) is 21.8 Å². The van der Waals surface area contributed by atoms with E-state index in [2.05, 4.69) is 5.10 Å². The summed E-state index contributed by atoms with van der Waals surface area (Å²) in [6.45, 7) is 4.29. The fraction of sp³-hybridized carbons (Fsp3) is 0.286. The van der Waals surface area contributed by atoms with Gasteiger partial charge in [-0.25, -0.2) is 4.68 Å². The van der Waals surface area contributed by atoms with Gasteiger partial charge in [-0.05, 0) is 37.1 Å². The van der Waals surface area contributed by atoms with E-state index in [4.69, 9.17) is 4.42 Å². The van der Waals surface area contributed by atoms with Gasteiger partial charge in [-0.1, -0.05) is 25.1 Å². The summed E-state index contributed by atoms with van der Waals surface area (Å²) < 4.78 is 7.36. The van der Waals surface area contributed by atoms with Crippen molar-refractivity contribution < 1.29 is 19.1 Å². The van der Waals surface area contributed by atoms with Crippen molar-refractivity contribution in [2.45, 2.75) is 13.8 Å². The zero-order valence-corrected chi connectivity index (χ0v) is 15.7. The molecule has 0 radical (unpaired) electrons. The molecule has 1 saturated heterocycles. The van der Waals surface area contributed by atoms with Gasteiger partial charge >= 0.3 is 5.97 Å². The topological polar surface area (TPSA) is 88.6 Å². The van der Waals surface area contributed by atoms with Crippen LogP contribution in [0.1, 0.15) is 23.0 Å². The molecule has 1 aromatic carbocycles. The van der Waals surface area contributed by atoms with Crippen LogP contribution in [-0.2, 0) is 4.79 Å². The average Bonchev–Trinajstić information content (AvgIpc) is 3.39. The molecule has 2 aromatic heterocycles. The number of carbonyl (C=O) groups excluding carboxylic acids is 1. The lowest BCUT2D eigenvalue weighted by Gasteiger charge is -2.15. The Labute approximate surface area is 162 Å². The van der Waals surface area contributed by atoms with Gasteiger partial charge in [0.15, 0.2) is 5.76 Å². The number of nitrogens with zero attached hydrogens (tertiary/aromatic N) is 3. The SMILES string of the molecule is Cc1ccc(-c2nn(-c3ccccc3)cc2C(=O)N2C[C@@H](C)[C@H](C(=O)O)C2)o1. The molecule has 0 bridgehead atoms. The van der Waals surface area contributed by atoms with Gasteiger partial charge in [0, 0.05) is 19.3 Å². The number of para-hydroxylation sites is 1. The quantitative estimate of drug-likeness (QED) is 0.752. The number of aromatic nitrogens is 2. The molecule has 3 heterocycles. The van der Waals surface area contributed by atoms with Gasteiger partial charge in [-0.15, -0.1) is 0 Å². The minimum atomic E-state index is -0.871. The molecule has 1 N–H and O–H groups in total. The van der Waals surface area contributed by atoms with Gasteiger partial charge in [0.25, 0.3) is 5.91 Å². The van der Waals surface area contributed by atoms with E-state index in [9.17, 15) is 14.7 Å². The van der Waals surface area contributed by atoms with Crippen LogP contribution in [0.2, 0.25) is 0 Å². The largest absolute Gasteiger partial charge is 0.481 e. The molecule has 7 nitrogen and oxygen atoms in total. The third-order valence-electron chi connectivity index (χ3n) is 5.16. The Balaban J connectivity index is 1.74. The second kappa shape index (κ2) is 6.99. The van der Waals surface area contributed by atoms with Crippen molar-refractivity contribution >= 4 is 11.9 Å². The molecule has 144 valence electrons. The molecule has 7 heteroatoms. The van der Waals surface area contributed by atoms with E-state index in [1.165, 1.54) is 0 Å². The second-order valence-electron chi connectivity index (χ2n) is 7.21. The highest BCUT2D eigenvalue weighted by Gasteiger charge is 2.38. The highest BCUT2D eigenvalue weighted by atomic mass is 16.4. The van der Waals surface area contributed by atoms with Gasteiger partial charge in [0.2, 0.25) is 0 Å². The lowest BCUT2D eigenvalue weighted by atomic mass is 9.99. The van der Waals surface area contributed by atoms with Crippen molar-refractivity contribution in [1.82, 2.24) is 14.7 Å². The molecule has 0 saturated carbocycles. The summed E-state index contributed by atoms with van der Waals surface area (Å²) in [6, 6.07) is 13.1. The highest BCUT2D eigenvalue weighted by molar-refractivity contribution is 6.00. The van der Waals surface area contributed by atoms with Crippen LogP contribution in [0.4, 0.5) is 0 Å². The van der Waals surface area contributed by atoms with Gasteiger partial charge in [0.1, 0.15) is 11.5 Å². The summed E-state index contributed by atoms with van der Waals surface area (Å²) in [5, 5.41) is 14.0. The molecule has 1 amide bonds. The van der Waals surface area contributed by atoms with E-state index < -0.39 is 11.9 Å². The van der Waals surface area contributed by atoms with Gasteiger partial charge < -0.3 is 14.4 Å². The van der Waals surface area contributed by atoms with E-state index in [1.807, 2.05) is 50.2 Å². The van der Waals surface area contributed by atoms with E-state index in [-0.39, 0.29) is 18.4 Å². The van der Waals surface area contributed by atoms with Crippen LogP contribution in [0, 0.1) is 18.8 Å². The summed E-state index contributed by atoms with van der Waals surface area (Å²) in [4.78, 5) is 26.3. The summed E-state index contributed by atoms with van der Waals surface area (Å²) >= 11 is 0. The monoisotopic (exact) mass is 379 g/mol. The first-order chi connectivity index (χ1) is 13.4. The Morgan fingerprint density at radius 2 is 1.89 bits per heavy atom. The van der Waals surface area contributed by atoms with Crippen molar-refractivity contribution in [3.8, 4) is 17.1 Å². The second-order valence-corrected chi connectivity index (χ2v) is 7.21. The van der Waals surface area contributed by atoms with Gasteiger partial charge in [0.05, 0.1) is 17.2 Å². The fourth-order valence-electron chi connectivity index (χ4n) is 3.61. The molecular weight excluding hydrogens is 358 g/mol. The van der Waals surface area contributed by atoms with Crippen LogP contribution in [0.25, 0.3) is 17.1 Å². The molecule has 3 aromatic rings. The number of likely N-dealkylation sites (tertiary alicyclic amines) is 1. The first kappa shape index (κ1) is 18.0. The van der Waals surface area contributed by atoms with E-state index >= 15 is 0 Å². The number of carboxylic acid groups (broad SMARTS) is 1. The number of benzene rings is 1. The number of carboxylic acids is 1. The lowest BCUT2D eigenvalue weighted by molar-refractivity contribution is -0.142. The number of hydrogen-bond acceptors (Lipinski definition) is 4. The Morgan fingerprint density at radius 3 is 2.50 bits per heavy atom. The van der Waals surface area contributed by atoms with Crippen LogP contribution >= 0.6 is 0 Å². The molecular formula is C21H21N3O4. The highest BCUT2D eigenvalue weighted by Crippen LogP contribution is 2.30. The maximum atomic E-state index is 13.2. The fourth-order valence-corrected chi connectivity index (χ4v) is 3.61. The number of carbonyl (C=O) groups is 2. The number of rotatable bonds is 4. The van der Waals surface area contributed by atoms with Crippen molar-refractivity contribution in [2.24, 2.45) is 11.8 Å². The van der Waals surface area contributed by atoms with Crippen molar-refractivity contribution in [3.05, 3.63) is 60.0 Å². The normalized spacial score (nSPS) is 19.1. The predicted octanol–water partition coefficient (Wildman–Crippen LogP) is 3.23. The molecule has 0 aliphatic carbocycles. The number of hydrogen-bond donors (Lipinski definition) is 1. The summed E-state index contributed by atoms with van der Waals surface area (Å²) in [7, 11) is 0. The average molecular weight is 379 g/mol. The molecule has 1 aliphatic heterocycles. The van der Waals surface area contributed by atoms with Crippen LogP contribution in [0.15, 0.2) is 53.1 Å². The third kappa shape index (κ3) is 3.19. The predicted molar refractivity (Wildman–Crippen MR) is 102 cm³/mol. The Morgan fingerprint density at radius 1 is 1.14 bits per heavy atom. The summed E-state index contributed by atoms with van der Waals surface area (Å²) in [5.41, 5.74) is 1.68. The summed E-state index contributed by atoms with van der Waals surface area (Å²) in [6.07, 6.45) is 1.68. The van der Waals surface area contributed by atoms with E-state index in [0.717, 1.165) is 11.4 Å². The molecule has 2 atom stereocenters. The van der Waals surface area contributed by atoms with Crippen LogP contribution < -0.4 is 0 Å². The number of amides is 1. The third-order valence-corrected chi connectivity index (χ3v) is 5.16. The maximum Gasteiger partial charge on any atom is 0.308 e. The number of furan rings is 1.